The van der Waals surface area contributed by atoms with Crippen molar-refractivity contribution in [1.82, 2.24) is 3.96 Å². The predicted molar refractivity (Wildman–Crippen MR) is 29.6 cm³/mol. The van der Waals surface area contributed by atoms with E-state index in [9.17, 15) is 4.79 Å². The van der Waals surface area contributed by atoms with Gasteiger partial charge in [-0.05, 0) is 11.5 Å². The lowest BCUT2D eigenvalue weighted by Gasteiger charge is -1.71. The van der Waals surface area contributed by atoms with Gasteiger partial charge in [0.25, 0.3) is 5.56 Å². The molecule has 0 fully saturated rings. The summed E-state index contributed by atoms with van der Waals surface area (Å²) in [5.74, 6) is 0. The van der Waals surface area contributed by atoms with Crippen molar-refractivity contribution >= 4 is 11.5 Å². The van der Waals surface area contributed by atoms with Crippen LogP contribution in [0.3, 0.4) is 0 Å². The Morgan fingerprint density at radius 1 is 1.88 bits per heavy atom. The van der Waals surface area contributed by atoms with E-state index >= 15 is 0 Å². The zero-order chi connectivity index (χ0) is 5.98. The average molecular weight is 126 g/mol. The lowest BCUT2D eigenvalue weighted by Crippen LogP contribution is -2.05. The molecule has 0 saturated heterocycles. The van der Waals surface area contributed by atoms with Crippen molar-refractivity contribution < 1.29 is 0 Å². The molecule has 0 N–H and O–H groups in total. The molecule has 4 heteroatoms. The molecule has 0 bridgehead atoms. The number of nitriles is 1. The third kappa shape index (κ3) is 0.634. The van der Waals surface area contributed by atoms with Gasteiger partial charge in [0.15, 0.2) is 0 Å². The highest BCUT2D eigenvalue weighted by molar-refractivity contribution is 7.04. The van der Waals surface area contributed by atoms with Crippen LogP contribution in [0.15, 0.2) is 16.2 Å². The number of rotatable bonds is 0. The first-order chi connectivity index (χ1) is 3.84. The largest absolute Gasteiger partial charge is 0.274 e. The van der Waals surface area contributed by atoms with Crippen LogP contribution in [-0.2, 0) is 0 Å². The van der Waals surface area contributed by atoms with E-state index in [1.165, 1.54) is 6.07 Å². The molecule has 0 radical (unpaired) electrons. The summed E-state index contributed by atoms with van der Waals surface area (Å²) in [5.41, 5.74) is -0.252. The van der Waals surface area contributed by atoms with Crippen LogP contribution in [0, 0.1) is 11.5 Å². The van der Waals surface area contributed by atoms with E-state index in [1.54, 1.807) is 11.6 Å². The lowest BCUT2D eigenvalue weighted by molar-refractivity contribution is 1.15. The highest BCUT2D eigenvalue weighted by Crippen LogP contribution is 1.86. The maximum absolute atomic E-state index is 10.4. The van der Waals surface area contributed by atoms with Crippen LogP contribution >= 0.6 is 11.5 Å². The summed E-state index contributed by atoms with van der Waals surface area (Å²) in [4.78, 5) is 10.4. The van der Waals surface area contributed by atoms with Crippen molar-refractivity contribution in [2.24, 2.45) is 0 Å². The Bertz CT molecular complexity index is 266. The molecule has 0 saturated carbocycles. The minimum absolute atomic E-state index is 0.252. The average Bonchev–Trinajstić information content (AvgIpc) is 2.14. The van der Waals surface area contributed by atoms with Gasteiger partial charge in [-0.2, -0.15) is 9.22 Å². The Morgan fingerprint density at radius 2 is 2.62 bits per heavy atom. The fourth-order valence-electron chi connectivity index (χ4n) is 0.342. The fraction of sp³-hybridized carbons (Fsp3) is 0. The summed E-state index contributed by atoms with van der Waals surface area (Å²) in [6.07, 6.45) is 1.70. The van der Waals surface area contributed by atoms with E-state index in [-0.39, 0.29) is 5.56 Å². The molecule has 1 aromatic rings. The second-order valence-electron chi connectivity index (χ2n) is 1.14. The highest BCUT2D eigenvalue weighted by Gasteiger charge is 1.88. The van der Waals surface area contributed by atoms with Crippen molar-refractivity contribution in [1.29, 1.82) is 5.26 Å². The van der Waals surface area contributed by atoms with Gasteiger partial charge < -0.3 is 0 Å². The summed E-state index contributed by atoms with van der Waals surface area (Å²) < 4.78 is 1.00. The maximum Gasteiger partial charge on any atom is 0.274 e. The number of aromatic nitrogens is 1. The van der Waals surface area contributed by atoms with Gasteiger partial charge >= 0.3 is 0 Å². The first kappa shape index (κ1) is 5.06. The minimum atomic E-state index is -0.252. The summed E-state index contributed by atoms with van der Waals surface area (Å²) in [6, 6.07) is 1.36. The second kappa shape index (κ2) is 1.80. The molecule has 40 valence electrons. The Morgan fingerprint density at radius 3 is 2.88 bits per heavy atom. The van der Waals surface area contributed by atoms with E-state index in [2.05, 4.69) is 0 Å². The van der Waals surface area contributed by atoms with Gasteiger partial charge in [0.1, 0.15) is 0 Å². The Labute approximate surface area is 49.6 Å². The standard InChI is InChI=1S/C4H2N2OS/c5-3-6-4(7)1-2-8-6/h1-2H. The molecule has 1 heterocycles. The predicted octanol–water partition coefficient (Wildman–Crippen LogP) is 0.239. The smallest absolute Gasteiger partial charge is 0.267 e. The SMILES string of the molecule is N#Cn1sccc1=O. The minimum Gasteiger partial charge on any atom is -0.267 e. The molecule has 0 unspecified atom stereocenters. The van der Waals surface area contributed by atoms with E-state index in [0.29, 0.717) is 0 Å². The van der Waals surface area contributed by atoms with E-state index in [1.807, 2.05) is 0 Å². The van der Waals surface area contributed by atoms with Crippen LogP contribution in [0.25, 0.3) is 0 Å². The number of nitrogens with zero attached hydrogens (tertiary/aromatic N) is 2. The van der Waals surface area contributed by atoms with Crippen LogP contribution in [-0.4, -0.2) is 3.96 Å². The van der Waals surface area contributed by atoms with Gasteiger partial charge in [-0.15, -0.1) is 0 Å². The molecule has 1 rings (SSSR count). The zero-order valence-corrected chi connectivity index (χ0v) is 4.68. The van der Waals surface area contributed by atoms with Gasteiger partial charge in [-0.3, -0.25) is 4.79 Å². The number of hydrogen-bond donors (Lipinski definition) is 0. The molecule has 0 aliphatic carbocycles. The molecule has 0 amide bonds. The molecule has 3 nitrogen and oxygen atoms in total. The summed E-state index contributed by atoms with van der Waals surface area (Å²) in [7, 11) is 0. The third-order valence-electron chi connectivity index (χ3n) is 0.668. The molecular weight excluding hydrogens is 124 g/mol. The van der Waals surface area contributed by atoms with Gasteiger partial charge in [-0.25, -0.2) is 0 Å². The normalized spacial score (nSPS) is 8.38. The van der Waals surface area contributed by atoms with Crippen molar-refractivity contribution in [3.63, 3.8) is 0 Å². The number of hydrogen-bond acceptors (Lipinski definition) is 3. The molecular formula is C4H2N2OS. The van der Waals surface area contributed by atoms with E-state index in [4.69, 9.17) is 5.26 Å². The Balaban J connectivity index is 3.37. The molecule has 0 spiro atoms. The van der Waals surface area contributed by atoms with Crippen molar-refractivity contribution in [2.45, 2.75) is 0 Å². The quantitative estimate of drug-likeness (QED) is 0.499. The topological polar surface area (TPSA) is 45.8 Å². The molecule has 8 heavy (non-hydrogen) atoms. The van der Waals surface area contributed by atoms with E-state index in [0.717, 1.165) is 15.5 Å². The lowest BCUT2D eigenvalue weighted by atomic mass is 10.7. The molecule has 0 aliphatic rings. The van der Waals surface area contributed by atoms with Gasteiger partial charge in [-0.1, -0.05) is 0 Å². The maximum atomic E-state index is 10.4. The molecule has 0 aromatic carbocycles. The summed E-state index contributed by atoms with van der Waals surface area (Å²) in [5, 5.41) is 9.71. The van der Waals surface area contributed by atoms with Crippen LogP contribution < -0.4 is 5.56 Å². The Hall–Kier alpha value is -1.08. The van der Waals surface area contributed by atoms with Gasteiger partial charge in [0.05, 0.1) is 0 Å². The zero-order valence-electron chi connectivity index (χ0n) is 3.87. The molecule has 0 aliphatic heterocycles. The van der Waals surface area contributed by atoms with Crippen LogP contribution in [0.5, 0.6) is 0 Å². The van der Waals surface area contributed by atoms with E-state index < -0.39 is 0 Å². The fourth-order valence-corrected chi connectivity index (χ4v) is 0.853. The molecule has 0 atom stereocenters. The first-order valence-electron chi connectivity index (χ1n) is 1.92. The van der Waals surface area contributed by atoms with Crippen molar-refractivity contribution in [3.05, 3.63) is 21.8 Å². The third-order valence-corrected chi connectivity index (χ3v) is 1.40. The highest BCUT2D eigenvalue weighted by atomic mass is 32.1. The Kier molecular flexibility index (Phi) is 1.14. The van der Waals surface area contributed by atoms with Crippen molar-refractivity contribution in [2.75, 3.05) is 0 Å². The summed E-state index contributed by atoms with van der Waals surface area (Å²) in [6.45, 7) is 0. The van der Waals surface area contributed by atoms with Crippen molar-refractivity contribution in [3.8, 4) is 6.19 Å². The monoisotopic (exact) mass is 126 g/mol. The second-order valence-corrected chi connectivity index (χ2v) is 1.99. The van der Waals surface area contributed by atoms with Crippen LogP contribution in [0.4, 0.5) is 0 Å². The van der Waals surface area contributed by atoms with Gasteiger partial charge in [0, 0.05) is 11.4 Å². The summed E-state index contributed by atoms with van der Waals surface area (Å²) >= 11 is 1.09. The van der Waals surface area contributed by atoms with Crippen LogP contribution in [0.1, 0.15) is 0 Å². The van der Waals surface area contributed by atoms with Gasteiger partial charge in [0.2, 0.25) is 6.19 Å². The molecule has 1 aromatic heterocycles. The first-order valence-corrected chi connectivity index (χ1v) is 2.75. The van der Waals surface area contributed by atoms with Crippen LogP contribution in [0.2, 0.25) is 0 Å².